The molecule has 0 unspecified atom stereocenters. The minimum atomic E-state index is -0.750. The lowest BCUT2D eigenvalue weighted by molar-refractivity contribution is 0.448. The quantitative estimate of drug-likeness (QED) is 0.572. The third kappa shape index (κ3) is 4.78. The molecule has 0 aromatic heterocycles. The molecule has 0 aliphatic rings. The SMILES string of the molecule is Fc1ccccc1Cl.OBO. The zero-order valence-corrected chi connectivity index (χ0v) is 6.42. The molecular weight excluding hydrogens is 169 g/mol. The highest BCUT2D eigenvalue weighted by atomic mass is 35.5. The Morgan fingerprint density at radius 2 is 1.73 bits per heavy atom. The van der Waals surface area contributed by atoms with E-state index in [1.54, 1.807) is 12.1 Å². The van der Waals surface area contributed by atoms with Crippen LogP contribution >= 0.6 is 11.6 Å². The van der Waals surface area contributed by atoms with E-state index in [9.17, 15) is 4.39 Å². The normalized spacial score (nSPS) is 8.00. The van der Waals surface area contributed by atoms with Gasteiger partial charge >= 0.3 is 7.69 Å². The zero-order chi connectivity index (χ0) is 8.69. The van der Waals surface area contributed by atoms with Gasteiger partial charge in [-0.05, 0) is 12.1 Å². The van der Waals surface area contributed by atoms with Crippen LogP contribution in [0.15, 0.2) is 24.3 Å². The average molecular weight is 176 g/mol. The maximum Gasteiger partial charge on any atom is 0.432 e. The van der Waals surface area contributed by atoms with E-state index in [1.807, 2.05) is 0 Å². The van der Waals surface area contributed by atoms with Gasteiger partial charge in [0.2, 0.25) is 0 Å². The Morgan fingerprint density at radius 3 is 2.00 bits per heavy atom. The molecule has 2 N–H and O–H groups in total. The average Bonchev–Trinajstić information content (AvgIpc) is 1.97. The topological polar surface area (TPSA) is 40.5 Å². The van der Waals surface area contributed by atoms with Crippen LogP contribution in [0.1, 0.15) is 0 Å². The number of hydrogen-bond donors (Lipinski definition) is 2. The largest absolute Gasteiger partial charge is 0.432 e. The molecule has 0 saturated carbocycles. The molecule has 0 aliphatic heterocycles. The van der Waals surface area contributed by atoms with Crippen molar-refractivity contribution < 1.29 is 14.4 Å². The van der Waals surface area contributed by atoms with E-state index >= 15 is 0 Å². The summed E-state index contributed by atoms with van der Waals surface area (Å²) in [4.78, 5) is 0. The smallest absolute Gasteiger partial charge is 0.430 e. The highest BCUT2D eigenvalue weighted by Crippen LogP contribution is 2.11. The van der Waals surface area contributed by atoms with Crippen molar-refractivity contribution in [3.63, 3.8) is 0 Å². The van der Waals surface area contributed by atoms with E-state index in [4.69, 9.17) is 21.6 Å². The molecule has 0 heterocycles. The van der Waals surface area contributed by atoms with Gasteiger partial charge in [0.15, 0.2) is 0 Å². The standard InChI is InChI=1S/C6H4ClF.BH3O2/c7-5-3-1-2-4-6(5)8;2-1-3/h1-4H;1-3H. The minimum Gasteiger partial charge on any atom is -0.430 e. The fraction of sp³-hybridized carbons (Fsp3) is 0. The van der Waals surface area contributed by atoms with Gasteiger partial charge in [0, 0.05) is 0 Å². The Kier molecular flexibility index (Phi) is 5.83. The summed E-state index contributed by atoms with van der Waals surface area (Å²) in [6, 6.07) is 6.12. The molecule has 5 heteroatoms. The van der Waals surface area contributed by atoms with Crippen LogP contribution in [0.5, 0.6) is 0 Å². The van der Waals surface area contributed by atoms with Crippen molar-refractivity contribution in [2.75, 3.05) is 0 Å². The maximum absolute atomic E-state index is 12.2. The third-order valence-corrected chi connectivity index (χ3v) is 1.13. The second-order valence-corrected chi connectivity index (χ2v) is 1.96. The van der Waals surface area contributed by atoms with Gasteiger partial charge < -0.3 is 10.0 Å². The molecule has 0 fully saturated rings. The van der Waals surface area contributed by atoms with E-state index in [0.29, 0.717) is 0 Å². The molecule has 0 aliphatic carbocycles. The summed E-state index contributed by atoms with van der Waals surface area (Å²) in [5.74, 6) is -0.367. The molecule has 60 valence electrons. The molecule has 0 bridgehead atoms. The molecule has 1 aromatic carbocycles. The lowest BCUT2D eigenvalue weighted by atomic mass is 10.4. The van der Waals surface area contributed by atoms with Crippen LogP contribution < -0.4 is 0 Å². The van der Waals surface area contributed by atoms with E-state index in [1.165, 1.54) is 12.1 Å². The Morgan fingerprint density at radius 1 is 1.27 bits per heavy atom. The van der Waals surface area contributed by atoms with Gasteiger partial charge in [-0.2, -0.15) is 0 Å². The van der Waals surface area contributed by atoms with Crippen molar-refractivity contribution in [1.29, 1.82) is 0 Å². The lowest BCUT2D eigenvalue weighted by Crippen LogP contribution is -1.75. The van der Waals surface area contributed by atoms with Crippen molar-refractivity contribution in [1.82, 2.24) is 0 Å². The van der Waals surface area contributed by atoms with Crippen LogP contribution in [0, 0.1) is 5.82 Å². The van der Waals surface area contributed by atoms with Gasteiger partial charge in [-0.25, -0.2) is 4.39 Å². The highest BCUT2D eigenvalue weighted by Gasteiger charge is 1.91. The molecule has 0 radical (unpaired) electrons. The summed E-state index contributed by atoms with van der Waals surface area (Å²) in [5, 5.41) is 14.4. The van der Waals surface area contributed by atoms with Gasteiger partial charge in [-0.3, -0.25) is 0 Å². The molecule has 1 rings (SSSR count). The van der Waals surface area contributed by atoms with Crippen LogP contribution in [0.2, 0.25) is 5.02 Å². The summed E-state index contributed by atoms with van der Waals surface area (Å²) in [5.41, 5.74) is 0. The molecule has 1 aromatic rings. The van der Waals surface area contributed by atoms with E-state index in [-0.39, 0.29) is 10.8 Å². The number of hydrogen-bond acceptors (Lipinski definition) is 2. The first-order valence-corrected chi connectivity index (χ1v) is 3.22. The fourth-order valence-corrected chi connectivity index (χ4v) is 0.575. The van der Waals surface area contributed by atoms with Gasteiger partial charge in [0.05, 0.1) is 5.02 Å². The van der Waals surface area contributed by atoms with Crippen molar-refractivity contribution in [3.8, 4) is 0 Å². The first kappa shape index (κ1) is 10.4. The summed E-state index contributed by atoms with van der Waals surface area (Å²) >= 11 is 5.33. The van der Waals surface area contributed by atoms with Gasteiger partial charge in [0.25, 0.3) is 0 Å². The van der Waals surface area contributed by atoms with Crippen molar-refractivity contribution in [3.05, 3.63) is 35.1 Å². The lowest BCUT2D eigenvalue weighted by Gasteiger charge is -1.86. The van der Waals surface area contributed by atoms with Crippen molar-refractivity contribution in [2.24, 2.45) is 0 Å². The summed E-state index contributed by atoms with van der Waals surface area (Å²) in [7, 11) is -0.750. The first-order chi connectivity index (χ1) is 5.22. The Bertz CT molecular complexity index is 189. The minimum absolute atomic E-state index is 0.174. The van der Waals surface area contributed by atoms with Crippen LogP contribution in [-0.4, -0.2) is 17.7 Å². The van der Waals surface area contributed by atoms with Crippen LogP contribution in [0.4, 0.5) is 4.39 Å². The van der Waals surface area contributed by atoms with Gasteiger partial charge in [0.1, 0.15) is 5.82 Å². The van der Waals surface area contributed by atoms with Gasteiger partial charge in [-0.1, -0.05) is 23.7 Å². The molecule has 0 spiro atoms. The highest BCUT2D eigenvalue weighted by molar-refractivity contribution is 6.30. The Labute approximate surface area is 69.6 Å². The summed E-state index contributed by atoms with van der Waals surface area (Å²) in [6.07, 6.45) is 0. The molecular formula is C6H7BClFO2. The predicted molar refractivity (Wildman–Crippen MR) is 43.0 cm³/mol. The van der Waals surface area contributed by atoms with Crippen LogP contribution in [0.25, 0.3) is 0 Å². The van der Waals surface area contributed by atoms with Crippen LogP contribution in [-0.2, 0) is 0 Å². The Balaban J connectivity index is 0.000000292. The Hall–Kier alpha value is -0.575. The van der Waals surface area contributed by atoms with E-state index in [2.05, 4.69) is 0 Å². The molecule has 0 atom stereocenters. The fourth-order valence-electron chi connectivity index (χ4n) is 0.439. The predicted octanol–water partition coefficient (Wildman–Crippen LogP) is 0.717. The second-order valence-electron chi connectivity index (χ2n) is 1.56. The van der Waals surface area contributed by atoms with Crippen LogP contribution in [0.3, 0.4) is 0 Å². The number of rotatable bonds is 0. The van der Waals surface area contributed by atoms with Gasteiger partial charge in [-0.15, -0.1) is 0 Å². The van der Waals surface area contributed by atoms with Crippen molar-refractivity contribution in [2.45, 2.75) is 0 Å². The molecule has 0 saturated heterocycles. The zero-order valence-electron chi connectivity index (χ0n) is 5.67. The molecule has 11 heavy (non-hydrogen) atoms. The first-order valence-electron chi connectivity index (χ1n) is 2.84. The third-order valence-electron chi connectivity index (χ3n) is 0.824. The summed E-state index contributed by atoms with van der Waals surface area (Å²) < 4.78 is 12.2. The summed E-state index contributed by atoms with van der Waals surface area (Å²) in [6.45, 7) is 0. The van der Waals surface area contributed by atoms with E-state index in [0.717, 1.165) is 0 Å². The monoisotopic (exact) mass is 176 g/mol. The number of benzene rings is 1. The van der Waals surface area contributed by atoms with Crippen molar-refractivity contribution >= 4 is 19.3 Å². The molecule has 2 nitrogen and oxygen atoms in total. The molecule has 0 amide bonds. The maximum atomic E-state index is 12.2. The van der Waals surface area contributed by atoms with E-state index < -0.39 is 7.69 Å². The second kappa shape index (κ2) is 6.16. The number of halogens is 2.